The van der Waals surface area contributed by atoms with Gasteiger partial charge >= 0.3 is 6.01 Å². The molecule has 27 heavy (non-hydrogen) atoms. The van der Waals surface area contributed by atoms with E-state index in [2.05, 4.69) is 19.9 Å². The Morgan fingerprint density at radius 2 is 1.93 bits per heavy atom. The Balaban J connectivity index is 1.83. The van der Waals surface area contributed by atoms with Gasteiger partial charge in [0.25, 0.3) is 0 Å². The van der Waals surface area contributed by atoms with Gasteiger partial charge in [0.1, 0.15) is 5.69 Å². The normalized spacial score (nSPS) is 14.2. The fraction of sp³-hybridized carbons (Fsp3) is 0.333. The fourth-order valence-corrected chi connectivity index (χ4v) is 2.81. The highest BCUT2D eigenvalue weighted by Crippen LogP contribution is 2.32. The summed E-state index contributed by atoms with van der Waals surface area (Å²) in [6.45, 7) is 2.79. The molecule has 1 fully saturated rings. The number of hydrogen-bond donors (Lipinski definition) is 0. The summed E-state index contributed by atoms with van der Waals surface area (Å²) in [5, 5.41) is 0. The zero-order valence-corrected chi connectivity index (χ0v) is 15.1. The Hall–Kier alpha value is -3.20. The number of hydrogen-bond acceptors (Lipinski definition) is 9. The summed E-state index contributed by atoms with van der Waals surface area (Å²) in [5.41, 5.74) is 1.92. The van der Waals surface area contributed by atoms with E-state index in [1.807, 2.05) is 12.1 Å². The SMILES string of the molecule is COc1cc(-c2cnc(N3CCOCC3)nc2-c2ccco2)nc(OC)n1. The Morgan fingerprint density at radius 1 is 1.07 bits per heavy atom. The number of anilines is 1. The summed E-state index contributed by atoms with van der Waals surface area (Å²) < 4.78 is 21.4. The molecule has 1 aliphatic rings. The minimum absolute atomic E-state index is 0.201. The van der Waals surface area contributed by atoms with Crippen molar-refractivity contribution in [3.05, 3.63) is 30.7 Å². The Bertz CT molecular complexity index is 888. The maximum absolute atomic E-state index is 5.60. The maximum atomic E-state index is 5.60. The quantitative estimate of drug-likeness (QED) is 0.669. The Labute approximate surface area is 156 Å². The average molecular weight is 369 g/mol. The number of rotatable bonds is 5. The second kappa shape index (κ2) is 7.58. The van der Waals surface area contributed by atoms with E-state index in [4.69, 9.17) is 23.6 Å². The first-order valence-electron chi connectivity index (χ1n) is 8.49. The van der Waals surface area contributed by atoms with Crippen LogP contribution in [0, 0.1) is 0 Å². The lowest BCUT2D eigenvalue weighted by Gasteiger charge is -2.27. The fourth-order valence-electron chi connectivity index (χ4n) is 2.81. The van der Waals surface area contributed by atoms with Gasteiger partial charge in [-0.25, -0.2) is 9.97 Å². The number of methoxy groups -OCH3 is 2. The largest absolute Gasteiger partial charge is 0.481 e. The molecule has 0 amide bonds. The highest BCUT2D eigenvalue weighted by atomic mass is 16.5. The van der Waals surface area contributed by atoms with Crippen molar-refractivity contribution in [1.29, 1.82) is 0 Å². The molecule has 0 unspecified atom stereocenters. The molecule has 140 valence electrons. The van der Waals surface area contributed by atoms with Crippen molar-refractivity contribution in [2.45, 2.75) is 0 Å². The van der Waals surface area contributed by atoms with Crippen LogP contribution in [0.2, 0.25) is 0 Å². The summed E-state index contributed by atoms with van der Waals surface area (Å²) in [4.78, 5) is 19.9. The van der Waals surface area contributed by atoms with Crippen LogP contribution < -0.4 is 14.4 Å². The van der Waals surface area contributed by atoms with Crippen molar-refractivity contribution >= 4 is 5.95 Å². The molecule has 0 aromatic carbocycles. The summed E-state index contributed by atoms with van der Waals surface area (Å²) in [6.07, 6.45) is 3.34. The number of ether oxygens (including phenoxy) is 3. The van der Waals surface area contributed by atoms with E-state index in [1.165, 1.54) is 14.2 Å². The van der Waals surface area contributed by atoms with Gasteiger partial charge in [0.15, 0.2) is 5.76 Å². The van der Waals surface area contributed by atoms with Gasteiger partial charge in [-0.05, 0) is 12.1 Å². The first-order chi connectivity index (χ1) is 13.3. The first-order valence-corrected chi connectivity index (χ1v) is 8.49. The maximum Gasteiger partial charge on any atom is 0.320 e. The van der Waals surface area contributed by atoms with Gasteiger partial charge in [-0.15, -0.1) is 0 Å². The third-order valence-corrected chi connectivity index (χ3v) is 4.17. The van der Waals surface area contributed by atoms with Crippen LogP contribution in [0.1, 0.15) is 0 Å². The van der Waals surface area contributed by atoms with Gasteiger partial charge in [-0.3, -0.25) is 0 Å². The third kappa shape index (κ3) is 3.54. The van der Waals surface area contributed by atoms with Crippen molar-refractivity contribution in [1.82, 2.24) is 19.9 Å². The summed E-state index contributed by atoms with van der Waals surface area (Å²) in [7, 11) is 3.04. The molecule has 9 heteroatoms. The molecule has 0 atom stereocenters. The van der Waals surface area contributed by atoms with Crippen molar-refractivity contribution in [3.63, 3.8) is 0 Å². The summed E-state index contributed by atoms with van der Waals surface area (Å²) in [5.74, 6) is 1.64. The topological polar surface area (TPSA) is 95.6 Å². The standard InChI is InChI=1S/C18H19N5O4/c1-24-15-10-13(20-18(21-15)25-2)12-11-19-17(23-5-8-26-9-6-23)22-16(12)14-4-3-7-27-14/h3-4,7,10-11H,5-6,8-9H2,1-2H3. The van der Waals surface area contributed by atoms with E-state index < -0.39 is 0 Å². The van der Waals surface area contributed by atoms with Crippen LogP contribution in [0.15, 0.2) is 35.1 Å². The number of morpholine rings is 1. The lowest BCUT2D eigenvalue weighted by atomic mass is 10.1. The number of aromatic nitrogens is 4. The van der Waals surface area contributed by atoms with Crippen molar-refractivity contribution in [2.24, 2.45) is 0 Å². The van der Waals surface area contributed by atoms with Crippen molar-refractivity contribution in [2.75, 3.05) is 45.4 Å². The Kier molecular flexibility index (Phi) is 4.84. The van der Waals surface area contributed by atoms with Crippen molar-refractivity contribution < 1.29 is 18.6 Å². The first kappa shape index (κ1) is 17.2. The van der Waals surface area contributed by atoms with Gasteiger partial charge in [0, 0.05) is 30.9 Å². The van der Waals surface area contributed by atoms with E-state index in [0.717, 1.165) is 13.1 Å². The van der Waals surface area contributed by atoms with Crippen molar-refractivity contribution in [3.8, 4) is 34.6 Å². The minimum Gasteiger partial charge on any atom is -0.481 e. The number of nitrogens with zero attached hydrogens (tertiary/aromatic N) is 5. The Morgan fingerprint density at radius 3 is 2.63 bits per heavy atom. The molecular formula is C18H19N5O4. The zero-order valence-electron chi connectivity index (χ0n) is 15.1. The van der Waals surface area contributed by atoms with E-state index in [1.54, 1.807) is 18.5 Å². The van der Waals surface area contributed by atoms with Gasteiger partial charge in [-0.2, -0.15) is 9.97 Å². The molecule has 0 spiro atoms. The molecule has 0 aliphatic carbocycles. The number of furan rings is 1. The molecule has 0 N–H and O–H groups in total. The van der Waals surface area contributed by atoms with Gasteiger partial charge in [-0.1, -0.05) is 0 Å². The molecule has 0 saturated carbocycles. The molecule has 3 aromatic heterocycles. The second-order valence-corrected chi connectivity index (χ2v) is 5.79. The van der Waals surface area contributed by atoms with Crippen LogP contribution in [0.5, 0.6) is 11.9 Å². The van der Waals surface area contributed by atoms with Crippen LogP contribution >= 0.6 is 0 Å². The van der Waals surface area contributed by atoms with Crippen LogP contribution in [-0.4, -0.2) is 60.5 Å². The summed E-state index contributed by atoms with van der Waals surface area (Å²) >= 11 is 0. The smallest absolute Gasteiger partial charge is 0.320 e. The molecule has 0 radical (unpaired) electrons. The molecular weight excluding hydrogens is 350 g/mol. The lowest BCUT2D eigenvalue weighted by molar-refractivity contribution is 0.122. The average Bonchev–Trinajstić information content (AvgIpc) is 3.28. The predicted octanol–water partition coefficient (Wildman–Crippen LogP) is 2.05. The van der Waals surface area contributed by atoms with Crippen LogP contribution in [0.4, 0.5) is 5.95 Å². The minimum atomic E-state index is 0.201. The van der Waals surface area contributed by atoms with Crippen LogP contribution in [0.25, 0.3) is 22.7 Å². The highest BCUT2D eigenvalue weighted by Gasteiger charge is 2.20. The van der Waals surface area contributed by atoms with Crippen LogP contribution in [-0.2, 0) is 4.74 Å². The predicted molar refractivity (Wildman–Crippen MR) is 96.9 cm³/mol. The van der Waals surface area contributed by atoms with Crippen LogP contribution in [0.3, 0.4) is 0 Å². The highest BCUT2D eigenvalue weighted by molar-refractivity contribution is 5.77. The third-order valence-electron chi connectivity index (χ3n) is 4.17. The molecule has 9 nitrogen and oxygen atoms in total. The zero-order chi connectivity index (χ0) is 18.6. The monoisotopic (exact) mass is 369 g/mol. The van der Waals surface area contributed by atoms with E-state index in [9.17, 15) is 0 Å². The molecule has 0 bridgehead atoms. The molecule has 1 saturated heterocycles. The van der Waals surface area contributed by atoms with Gasteiger partial charge < -0.3 is 23.5 Å². The van der Waals surface area contributed by atoms with E-state index >= 15 is 0 Å². The lowest BCUT2D eigenvalue weighted by Crippen LogP contribution is -2.37. The van der Waals surface area contributed by atoms with E-state index in [0.29, 0.717) is 47.8 Å². The van der Waals surface area contributed by atoms with Gasteiger partial charge in [0.2, 0.25) is 11.8 Å². The molecule has 1 aliphatic heterocycles. The second-order valence-electron chi connectivity index (χ2n) is 5.79. The summed E-state index contributed by atoms with van der Waals surface area (Å²) in [6, 6.07) is 5.58. The molecule has 4 rings (SSSR count). The molecule has 3 aromatic rings. The molecule has 4 heterocycles. The van der Waals surface area contributed by atoms with Gasteiger partial charge in [0.05, 0.1) is 39.4 Å². The van der Waals surface area contributed by atoms with E-state index in [-0.39, 0.29) is 6.01 Å².